The molecule has 2 atom stereocenters. The van der Waals surface area contributed by atoms with E-state index in [1.165, 1.54) is 11.1 Å². The molecule has 1 aliphatic rings. The molecule has 0 radical (unpaired) electrons. The molecule has 0 amide bonds. The van der Waals surface area contributed by atoms with E-state index in [0.717, 1.165) is 25.8 Å². The fraction of sp³-hybridized carbons (Fsp3) is 0.571. The van der Waals surface area contributed by atoms with Crippen LogP contribution >= 0.6 is 0 Å². The second-order valence-electron chi connectivity index (χ2n) is 4.89. The highest BCUT2D eigenvalue weighted by molar-refractivity contribution is 5.34. The van der Waals surface area contributed by atoms with Crippen LogP contribution in [0.25, 0.3) is 0 Å². The SMILES string of the molecule is CCCC(O)(CN)C1NCCc2ccccc21. The van der Waals surface area contributed by atoms with Crippen molar-refractivity contribution < 1.29 is 5.11 Å². The van der Waals surface area contributed by atoms with E-state index in [9.17, 15) is 5.11 Å². The minimum absolute atomic E-state index is 0.0302. The zero-order chi connectivity index (χ0) is 12.3. The molecule has 0 spiro atoms. The average Bonchev–Trinajstić information content (AvgIpc) is 2.38. The molecule has 3 nitrogen and oxygen atoms in total. The molecule has 17 heavy (non-hydrogen) atoms. The van der Waals surface area contributed by atoms with Crippen LogP contribution in [-0.2, 0) is 6.42 Å². The Morgan fingerprint density at radius 2 is 2.24 bits per heavy atom. The predicted molar refractivity (Wildman–Crippen MR) is 69.8 cm³/mol. The summed E-state index contributed by atoms with van der Waals surface area (Å²) in [5, 5.41) is 14.1. The molecule has 3 heteroatoms. The number of nitrogens with two attached hydrogens (primary N) is 1. The molecule has 0 saturated heterocycles. The fourth-order valence-corrected chi connectivity index (χ4v) is 2.78. The van der Waals surface area contributed by atoms with Crippen LogP contribution in [0.3, 0.4) is 0 Å². The normalized spacial score (nSPS) is 22.9. The molecule has 1 heterocycles. The van der Waals surface area contributed by atoms with Crippen LogP contribution in [0.4, 0.5) is 0 Å². The van der Waals surface area contributed by atoms with E-state index in [4.69, 9.17) is 5.73 Å². The van der Waals surface area contributed by atoms with Crippen LogP contribution in [0.2, 0.25) is 0 Å². The van der Waals surface area contributed by atoms with Crippen LogP contribution in [0.15, 0.2) is 24.3 Å². The van der Waals surface area contributed by atoms with Gasteiger partial charge in [0.15, 0.2) is 0 Å². The lowest BCUT2D eigenvalue weighted by Gasteiger charge is -2.39. The summed E-state index contributed by atoms with van der Waals surface area (Å²) in [5.74, 6) is 0. The maximum atomic E-state index is 10.7. The van der Waals surface area contributed by atoms with Crippen LogP contribution < -0.4 is 11.1 Å². The summed E-state index contributed by atoms with van der Waals surface area (Å²) in [5.41, 5.74) is 7.50. The Kier molecular flexibility index (Phi) is 3.82. The molecule has 94 valence electrons. The summed E-state index contributed by atoms with van der Waals surface area (Å²) >= 11 is 0. The quantitative estimate of drug-likeness (QED) is 0.737. The summed E-state index contributed by atoms with van der Waals surface area (Å²) in [6, 6.07) is 8.30. The average molecular weight is 234 g/mol. The second-order valence-corrected chi connectivity index (χ2v) is 4.89. The van der Waals surface area contributed by atoms with E-state index >= 15 is 0 Å². The first-order valence-corrected chi connectivity index (χ1v) is 6.45. The highest BCUT2D eigenvalue weighted by Crippen LogP contribution is 2.33. The van der Waals surface area contributed by atoms with Gasteiger partial charge in [-0.05, 0) is 30.5 Å². The first-order chi connectivity index (χ1) is 8.21. The van der Waals surface area contributed by atoms with Crippen molar-refractivity contribution in [2.75, 3.05) is 13.1 Å². The molecule has 4 N–H and O–H groups in total. The predicted octanol–water partition coefficient (Wildman–Crippen LogP) is 1.36. The molecule has 0 saturated carbocycles. The molecule has 0 aromatic heterocycles. The number of hydrogen-bond donors (Lipinski definition) is 3. The molecule has 2 unspecified atom stereocenters. The van der Waals surface area contributed by atoms with Gasteiger partial charge in [-0.25, -0.2) is 0 Å². The third kappa shape index (κ3) is 2.37. The third-order valence-corrected chi connectivity index (χ3v) is 3.68. The van der Waals surface area contributed by atoms with Crippen molar-refractivity contribution in [1.29, 1.82) is 0 Å². The van der Waals surface area contributed by atoms with Crippen molar-refractivity contribution in [2.45, 2.75) is 37.8 Å². The van der Waals surface area contributed by atoms with Gasteiger partial charge in [0, 0.05) is 6.54 Å². The van der Waals surface area contributed by atoms with E-state index < -0.39 is 5.60 Å². The van der Waals surface area contributed by atoms with E-state index in [1.807, 2.05) is 6.07 Å². The Morgan fingerprint density at radius 3 is 2.94 bits per heavy atom. The number of nitrogens with one attached hydrogen (secondary N) is 1. The van der Waals surface area contributed by atoms with Gasteiger partial charge in [-0.3, -0.25) is 0 Å². The Bertz CT molecular complexity index is 380. The molecule has 0 bridgehead atoms. The Hall–Kier alpha value is -0.900. The smallest absolute Gasteiger partial charge is 0.0962 e. The van der Waals surface area contributed by atoms with Gasteiger partial charge < -0.3 is 16.2 Å². The van der Waals surface area contributed by atoms with Crippen molar-refractivity contribution in [3.8, 4) is 0 Å². The lowest BCUT2D eigenvalue weighted by atomic mass is 9.80. The number of hydrogen-bond acceptors (Lipinski definition) is 3. The number of rotatable bonds is 4. The largest absolute Gasteiger partial charge is 0.387 e. The van der Waals surface area contributed by atoms with Gasteiger partial charge in [0.1, 0.15) is 0 Å². The molecule has 1 aliphatic heterocycles. The van der Waals surface area contributed by atoms with Gasteiger partial charge in [-0.2, -0.15) is 0 Å². The van der Waals surface area contributed by atoms with E-state index in [0.29, 0.717) is 6.54 Å². The zero-order valence-electron chi connectivity index (χ0n) is 10.4. The Labute approximate surface area is 103 Å². The maximum absolute atomic E-state index is 10.7. The van der Waals surface area contributed by atoms with Crippen molar-refractivity contribution in [1.82, 2.24) is 5.32 Å². The van der Waals surface area contributed by atoms with Gasteiger partial charge in [-0.1, -0.05) is 37.6 Å². The van der Waals surface area contributed by atoms with Crippen molar-refractivity contribution in [3.63, 3.8) is 0 Å². The van der Waals surface area contributed by atoms with E-state index in [2.05, 4.69) is 30.4 Å². The zero-order valence-corrected chi connectivity index (χ0v) is 10.4. The lowest BCUT2D eigenvalue weighted by molar-refractivity contribution is -0.00191. The van der Waals surface area contributed by atoms with Crippen LogP contribution in [0, 0.1) is 0 Å². The molecular weight excluding hydrogens is 212 g/mol. The van der Waals surface area contributed by atoms with E-state index in [-0.39, 0.29) is 6.04 Å². The highest BCUT2D eigenvalue weighted by Gasteiger charge is 2.37. The van der Waals surface area contributed by atoms with Crippen LogP contribution in [-0.4, -0.2) is 23.8 Å². The fourth-order valence-electron chi connectivity index (χ4n) is 2.78. The van der Waals surface area contributed by atoms with Gasteiger partial charge in [-0.15, -0.1) is 0 Å². The van der Waals surface area contributed by atoms with E-state index in [1.54, 1.807) is 0 Å². The number of benzene rings is 1. The van der Waals surface area contributed by atoms with Gasteiger partial charge in [0.25, 0.3) is 0 Å². The monoisotopic (exact) mass is 234 g/mol. The molecule has 2 rings (SSSR count). The first kappa shape index (κ1) is 12.6. The highest BCUT2D eigenvalue weighted by atomic mass is 16.3. The van der Waals surface area contributed by atoms with Crippen molar-refractivity contribution >= 4 is 0 Å². The summed E-state index contributed by atoms with van der Waals surface area (Å²) in [4.78, 5) is 0. The van der Waals surface area contributed by atoms with Gasteiger partial charge in [0.2, 0.25) is 0 Å². The van der Waals surface area contributed by atoms with Crippen LogP contribution in [0.5, 0.6) is 0 Å². The molecule has 1 aromatic rings. The molecule has 0 fully saturated rings. The molecule has 1 aromatic carbocycles. The lowest BCUT2D eigenvalue weighted by Crippen LogP contribution is -2.51. The minimum atomic E-state index is -0.828. The standard InChI is InChI=1S/C14H22N2O/c1-2-8-14(17,10-15)13-12-6-4-3-5-11(12)7-9-16-13/h3-6,13,16-17H,2,7-10,15H2,1H3. The summed E-state index contributed by atoms with van der Waals surface area (Å²) in [6.07, 6.45) is 2.70. The van der Waals surface area contributed by atoms with Crippen molar-refractivity contribution in [3.05, 3.63) is 35.4 Å². The van der Waals surface area contributed by atoms with Crippen molar-refractivity contribution in [2.24, 2.45) is 5.73 Å². The summed E-state index contributed by atoms with van der Waals surface area (Å²) in [7, 11) is 0. The second kappa shape index (κ2) is 5.17. The number of fused-ring (bicyclic) bond motifs is 1. The third-order valence-electron chi connectivity index (χ3n) is 3.68. The first-order valence-electron chi connectivity index (χ1n) is 6.45. The number of aliphatic hydroxyl groups is 1. The molecule has 0 aliphatic carbocycles. The summed E-state index contributed by atoms with van der Waals surface area (Å²) < 4.78 is 0. The molecular formula is C14H22N2O. The maximum Gasteiger partial charge on any atom is 0.0962 e. The topological polar surface area (TPSA) is 58.3 Å². The minimum Gasteiger partial charge on any atom is -0.387 e. The Morgan fingerprint density at radius 1 is 1.47 bits per heavy atom. The Balaban J connectivity index is 2.34. The van der Waals surface area contributed by atoms with Gasteiger partial charge >= 0.3 is 0 Å². The van der Waals surface area contributed by atoms with Gasteiger partial charge in [0.05, 0.1) is 11.6 Å². The summed E-state index contributed by atoms with van der Waals surface area (Å²) in [6.45, 7) is 3.29. The van der Waals surface area contributed by atoms with Crippen LogP contribution in [0.1, 0.15) is 36.9 Å².